The number of carbonyl (C=O) groups is 1. The second-order valence-electron chi connectivity index (χ2n) is 6.01. The van der Waals surface area contributed by atoms with Crippen LogP contribution < -0.4 is 5.32 Å². The Bertz CT molecular complexity index is 939. The fourth-order valence-electron chi connectivity index (χ4n) is 2.42. The topological polar surface area (TPSA) is 75.6 Å². The van der Waals surface area contributed by atoms with E-state index in [1.165, 1.54) is 12.3 Å². The number of nitrogens with one attached hydrogen (secondary N) is 2. The minimum Gasteiger partial charge on any atom is -0.342 e. The van der Waals surface area contributed by atoms with Crippen LogP contribution in [0.3, 0.4) is 0 Å². The van der Waals surface area contributed by atoms with Crippen LogP contribution in [0.5, 0.6) is 0 Å². The molecule has 0 spiro atoms. The molecular weight excluding hydrogens is 335 g/mol. The molecule has 0 aliphatic carbocycles. The van der Waals surface area contributed by atoms with E-state index in [1.54, 1.807) is 17.8 Å². The number of rotatable bonds is 3. The number of halogens is 3. The molecule has 2 heterocycles. The van der Waals surface area contributed by atoms with Crippen molar-refractivity contribution in [3.8, 4) is 0 Å². The number of amides is 1. The van der Waals surface area contributed by atoms with Gasteiger partial charge in [-0.3, -0.25) is 10.1 Å². The Balaban J connectivity index is 2.09. The van der Waals surface area contributed by atoms with E-state index in [2.05, 4.69) is 20.3 Å². The number of hydrogen-bond donors (Lipinski definition) is 2. The fourth-order valence-corrected chi connectivity index (χ4v) is 2.42. The van der Waals surface area contributed by atoms with Gasteiger partial charge in [0.05, 0.1) is 11.1 Å². The molecule has 3 aromatic rings. The van der Waals surface area contributed by atoms with Crippen molar-refractivity contribution in [3.63, 3.8) is 0 Å². The van der Waals surface area contributed by atoms with Crippen molar-refractivity contribution in [2.24, 2.45) is 7.05 Å². The summed E-state index contributed by atoms with van der Waals surface area (Å²) < 4.78 is 41.8. The summed E-state index contributed by atoms with van der Waals surface area (Å²) in [7, 11) is 1.66. The van der Waals surface area contributed by atoms with Crippen molar-refractivity contribution in [2.45, 2.75) is 25.9 Å². The molecule has 2 aromatic heterocycles. The monoisotopic (exact) mass is 351 g/mol. The molecule has 25 heavy (non-hydrogen) atoms. The van der Waals surface area contributed by atoms with Crippen molar-refractivity contribution in [2.75, 3.05) is 5.32 Å². The summed E-state index contributed by atoms with van der Waals surface area (Å²) in [6, 6.07) is 2.17. The number of aryl methyl sites for hydroxylation is 1. The third-order valence-corrected chi connectivity index (χ3v) is 3.77. The molecule has 6 nitrogen and oxygen atoms in total. The molecule has 0 atom stereocenters. The van der Waals surface area contributed by atoms with E-state index in [9.17, 15) is 18.0 Å². The summed E-state index contributed by atoms with van der Waals surface area (Å²) in [4.78, 5) is 23.2. The van der Waals surface area contributed by atoms with Crippen LogP contribution in [0.2, 0.25) is 0 Å². The number of benzene rings is 1. The maximum Gasteiger partial charge on any atom is 0.418 e. The highest BCUT2D eigenvalue weighted by Gasteiger charge is 2.35. The Morgan fingerprint density at radius 3 is 2.60 bits per heavy atom. The molecule has 132 valence electrons. The van der Waals surface area contributed by atoms with E-state index >= 15 is 0 Å². The molecule has 0 aliphatic heterocycles. The Labute approximate surface area is 141 Å². The number of hydrogen-bond acceptors (Lipinski definition) is 3. The zero-order valence-electron chi connectivity index (χ0n) is 13.8. The first-order chi connectivity index (χ1) is 11.7. The molecule has 1 aromatic carbocycles. The zero-order valence-corrected chi connectivity index (χ0v) is 13.8. The number of nitrogens with zero attached hydrogens (tertiary/aromatic N) is 3. The number of aromatic amines is 1. The third-order valence-electron chi connectivity index (χ3n) is 3.77. The summed E-state index contributed by atoms with van der Waals surface area (Å²) in [5.74, 6) is -0.0750. The molecule has 0 unspecified atom stereocenters. The van der Waals surface area contributed by atoms with Gasteiger partial charge in [-0.15, -0.1) is 0 Å². The first-order valence-corrected chi connectivity index (χ1v) is 7.56. The normalized spacial score (nSPS) is 12.1. The third kappa shape index (κ3) is 3.21. The summed E-state index contributed by atoms with van der Waals surface area (Å²) in [6.07, 6.45) is -1.53. The highest BCUT2D eigenvalue weighted by molar-refractivity contribution is 6.05. The van der Waals surface area contributed by atoms with E-state index in [4.69, 9.17) is 0 Å². The number of aromatic nitrogens is 4. The lowest BCUT2D eigenvalue weighted by atomic mass is 10.1. The van der Waals surface area contributed by atoms with E-state index in [1.807, 2.05) is 13.8 Å². The zero-order chi connectivity index (χ0) is 18.4. The van der Waals surface area contributed by atoms with Gasteiger partial charge < -0.3 is 9.55 Å². The Morgan fingerprint density at radius 2 is 2.04 bits per heavy atom. The smallest absolute Gasteiger partial charge is 0.342 e. The van der Waals surface area contributed by atoms with Crippen LogP contribution in [0, 0.1) is 0 Å². The molecule has 1 amide bonds. The van der Waals surface area contributed by atoms with Crippen molar-refractivity contribution in [1.82, 2.24) is 19.5 Å². The van der Waals surface area contributed by atoms with Gasteiger partial charge >= 0.3 is 6.18 Å². The van der Waals surface area contributed by atoms with Gasteiger partial charge in [-0.2, -0.15) is 13.2 Å². The van der Waals surface area contributed by atoms with Crippen LogP contribution in [0.15, 0.2) is 24.5 Å². The number of H-pyrrole nitrogens is 1. The van der Waals surface area contributed by atoms with E-state index in [0.717, 1.165) is 6.07 Å². The highest BCUT2D eigenvalue weighted by Crippen LogP contribution is 2.35. The number of alkyl halides is 3. The Hall–Kier alpha value is -2.84. The van der Waals surface area contributed by atoms with Gasteiger partial charge in [-0.1, -0.05) is 13.8 Å². The molecule has 0 aliphatic rings. The summed E-state index contributed by atoms with van der Waals surface area (Å²) in [5, 5.41) is 2.49. The van der Waals surface area contributed by atoms with Crippen LogP contribution in [0.25, 0.3) is 11.0 Å². The first-order valence-electron chi connectivity index (χ1n) is 7.56. The largest absolute Gasteiger partial charge is 0.418 e. The molecule has 0 fully saturated rings. The Kier molecular flexibility index (Phi) is 4.02. The lowest BCUT2D eigenvalue weighted by molar-refractivity contribution is -0.136. The molecule has 0 saturated carbocycles. The van der Waals surface area contributed by atoms with E-state index in [0.29, 0.717) is 5.82 Å². The number of imidazole rings is 2. The van der Waals surface area contributed by atoms with E-state index < -0.39 is 17.6 Å². The molecule has 9 heteroatoms. The lowest BCUT2D eigenvalue weighted by Crippen LogP contribution is -2.16. The lowest BCUT2D eigenvalue weighted by Gasteiger charge is -2.10. The minimum absolute atomic E-state index is 0.0710. The number of carbonyl (C=O) groups excluding carboxylic acids is 1. The number of fused-ring (bicyclic) bond motifs is 1. The minimum atomic E-state index is -4.62. The van der Waals surface area contributed by atoms with Crippen LogP contribution >= 0.6 is 0 Å². The summed E-state index contributed by atoms with van der Waals surface area (Å²) >= 11 is 0. The Morgan fingerprint density at radius 1 is 1.32 bits per heavy atom. The van der Waals surface area contributed by atoms with Crippen molar-refractivity contribution < 1.29 is 18.0 Å². The quantitative estimate of drug-likeness (QED) is 0.756. The predicted octanol–water partition coefficient (Wildman–Crippen LogP) is 3.69. The van der Waals surface area contributed by atoms with E-state index in [-0.39, 0.29) is 28.5 Å². The molecule has 0 bridgehead atoms. The summed E-state index contributed by atoms with van der Waals surface area (Å²) in [6.45, 7) is 3.64. The highest BCUT2D eigenvalue weighted by atomic mass is 19.4. The molecule has 0 radical (unpaired) electrons. The van der Waals surface area contributed by atoms with Crippen LogP contribution in [0.4, 0.5) is 19.1 Å². The second-order valence-corrected chi connectivity index (χ2v) is 6.01. The van der Waals surface area contributed by atoms with Crippen molar-refractivity contribution >= 4 is 22.9 Å². The molecule has 3 rings (SSSR count). The van der Waals surface area contributed by atoms with Crippen molar-refractivity contribution in [3.05, 3.63) is 41.5 Å². The first kappa shape index (κ1) is 17.0. The average molecular weight is 351 g/mol. The summed E-state index contributed by atoms with van der Waals surface area (Å²) in [5.41, 5.74) is -1.09. The predicted molar refractivity (Wildman–Crippen MR) is 86.3 cm³/mol. The maximum absolute atomic E-state index is 13.4. The van der Waals surface area contributed by atoms with Gasteiger partial charge in [-0.05, 0) is 12.1 Å². The SMILES string of the molecule is CC(C)c1nc2c(C(F)(F)F)cc(C(=O)Nc3nccn3C)cc2[nH]1. The number of anilines is 1. The standard InChI is InChI=1S/C16H16F3N5O/c1-8(2)13-21-11-7-9(6-10(12(11)22-13)16(17,18)19)14(25)23-15-20-4-5-24(15)3/h4-8H,1-3H3,(H,21,22)(H,20,23,25). The average Bonchev–Trinajstić information content (AvgIpc) is 3.11. The van der Waals surface area contributed by atoms with Gasteiger partial charge in [0.15, 0.2) is 0 Å². The van der Waals surface area contributed by atoms with Gasteiger partial charge in [0.25, 0.3) is 5.91 Å². The van der Waals surface area contributed by atoms with Gasteiger partial charge in [0.2, 0.25) is 5.95 Å². The maximum atomic E-state index is 13.4. The molecular formula is C16H16F3N5O. The molecule has 2 N–H and O–H groups in total. The van der Waals surface area contributed by atoms with Crippen LogP contribution in [-0.4, -0.2) is 25.4 Å². The fraction of sp³-hybridized carbons (Fsp3) is 0.312. The van der Waals surface area contributed by atoms with Crippen LogP contribution in [-0.2, 0) is 13.2 Å². The van der Waals surface area contributed by atoms with Crippen molar-refractivity contribution in [1.29, 1.82) is 0 Å². The second kappa shape index (κ2) is 5.91. The van der Waals surface area contributed by atoms with Crippen LogP contribution in [0.1, 0.15) is 41.5 Å². The molecule has 0 saturated heterocycles. The van der Waals surface area contributed by atoms with Gasteiger partial charge in [0, 0.05) is 30.9 Å². The van der Waals surface area contributed by atoms with Gasteiger partial charge in [-0.25, -0.2) is 9.97 Å². The van der Waals surface area contributed by atoms with Gasteiger partial charge in [0.1, 0.15) is 11.3 Å².